The second-order valence-corrected chi connectivity index (χ2v) is 9.48. The largest absolute Gasteiger partial charge is 1.00 e. The van der Waals surface area contributed by atoms with E-state index in [0.29, 0.717) is 12.8 Å². The maximum Gasteiger partial charge on any atom is 1.00 e. The van der Waals surface area contributed by atoms with Crippen LogP contribution in [-0.2, 0) is 28.5 Å². The highest BCUT2D eigenvalue weighted by molar-refractivity contribution is 5.70. The van der Waals surface area contributed by atoms with E-state index in [9.17, 15) is 9.59 Å². The number of methoxy groups -OCH3 is 2. The highest BCUT2D eigenvalue weighted by Crippen LogP contribution is 2.39. The van der Waals surface area contributed by atoms with E-state index in [2.05, 4.69) is 37.2 Å². The fourth-order valence-electron chi connectivity index (χ4n) is 4.00. The van der Waals surface area contributed by atoms with Crippen LogP contribution in [0, 0.1) is 0 Å². The Morgan fingerprint density at radius 1 is 0.741 bits per heavy atom. The van der Waals surface area contributed by atoms with Crippen LogP contribution >= 0.6 is 0 Å². The average molecular weight is 388 g/mol. The predicted octanol–water partition coefficient (Wildman–Crippen LogP) is 4.30. The van der Waals surface area contributed by atoms with E-state index in [1.54, 1.807) is 0 Å². The van der Waals surface area contributed by atoms with E-state index in [1.807, 2.05) is 13.8 Å². The summed E-state index contributed by atoms with van der Waals surface area (Å²) in [4.78, 5) is 22.3. The van der Waals surface area contributed by atoms with Crippen molar-refractivity contribution < 1.29 is 30.0 Å². The molecule has 0 amide bonds. The highest BCUT2D eigenvalue weighted by atomic mass is 16.5. The van der Waals surface area contributed by atoms with Crippen LogP contribution in [0.5, 0.6) is 0 Å². The second kappa shape index (κ2) is 8.91. The summed E-state index contributed by atoms with van der Waals surface area (Å²) in [7, 11) is 2.82. The summed E-state index contributed by atoms with van der Waals surface area (Å²) in [6, 6.07) is 0. The van der Waals surface area contributed by atoms with Gasteiger partial charge < -0.3 is 18.9 Å². The monoisotopic (exact) mass is 387 g/mol. The van der Waals surface area contributed by atoms with Crippen molar-refractivity contribution in [3.05, 3.63) is 0 Å². The normalized spacial score (nSPS) is 31.4. The van der Waals surface area contributed by atoms with Crippen LogP contribution < -0.4 is 0 Å². The van der Waals surface area contributed by atoms with Gasteiger partial charge in [0.25, 0.3) is 0 Å². The molecule has 0 saturated carbocycles. The summed E-state index contributed by atoms with van der Waals surface area (Å²) < 4.78 is 21.0. The molecule has 0 bridgehead atoms. The molecule has 2 aliphatic rings. The van der Waals surface area contributed by atoms with E-state index in [-0.39, 0.29) is 35.8 Å². The second-order valence-electron chi connectivity index (χ2n) is 9.48. The molecule has 0 N–H and O–H groups in total. The topological polar surface area (TPSA) is 71.1 Å². The third kappa shape index (κ3) is 8.18. The van der Waals surface area contributed by atoms with Crippen molar-refractivity contribution in [2.45, 2.75) is 109 Å². The molecule has 2 saturated heterocycles. The van der Waals surface area contributed by atoms with Crippen molar-refractivity contribution in [1.29, 1.82) is 0 Å². The summed E-state index contributed by atoms with van der Waals surface area (Å²) in [5, 5.41) is 0. The minimum atomic E-state index is -0.338. The van der Waals surface area contributed by atoms with Crippen LogP contribution in [0.15, 0.2) is 0 Å². The molecule has 2 rings (SSSR count). The van der Waals surface area contributed by atoms with Gasteiger partial charge in [0, 0.05) is 0 Å². The van der Waals surface area contributed by atoms with Gasteiger partial charge in [-0.3, -0.25) is 9.59 Å². The van der Waals surface area contributed by atoms with Gasteiger partial charge in [-0.2, -0.15) is 0 Å². The molecule has 2 aliphatic heterocycles. The van der Waals surface area contributed by atoms with Crippen LogP contribution in [0.3, 0.4) is 0 Å². The first-order valence-corrected chi connectivity index (χ1v) is 9.78. The van der Waals surface area contributed by atoms with Gasteiger partial charge in [0.05, 0.1) is 49.5 Å². The van der Waals surface area contributed by atoms with Gasteiger partial charge in [-0.1, -0.05) is 0 Å². The number of carbonyl (C=O) groups excluding carboxylic acids is 2. The van der Waals surface area contributed by atoms with Crippen molar-refractivity contribution in [2.75, 3.05) is 14.2 Å². The Labute approximate surface area is 165 Å². The molecular formula is C21H39O6+. The first-order chi connectivity index (χ1) is 12.2. The summed E-state index contributed by atoms with van der Waals surface area (Å²) >= 11 is 0. The molecule has 158 valence electrons. The lowest BCUT2D eigenvalue weighted by Gasteiger charge is -2.42. The van der Waals surface area contributed by atoms with Gasteiger partial charge in [-0.15, -0.1) is 0 Å². The Bertz CT molecular complexity index is 533. The Balaban J connectivity index is 0.000000504. The van der Waals surface area contributed by atoms with Gasteiger partial charge in [0.15, 0.2) is 0 Å². The molecule has 0 aromatic carbocycles. The maximum absolute atomic E-state index is 11.2. The fraction of sp³-hybridized carbons (Fsp3) is 0.905. The van der Waals surface area contributed by atoms with E-state index in [0.717, 1.165) is 32.1 Å². The van der Waals surface area contributed by atoms with Crippen molar-refractivity contribution >= 4 is 11.9 Å². The SMILES string of the molecule is COC(=O)CC1(C)CCC(C)(C)O1.COC(=O)CC1(C)CCCC(C)(C)O1.[H+]. The molecule has 0 spiro atoms. The maximum atomic E-state index is 11.2. The van der Waals surface area contributed by atoms with E-state index in [1.165, 1.54) is 14.2 Å². The summed E-state index contributed by atoms with van der Waals surface area (Å²) in [6.45, 7) is 12.2. The van der Waals surface area contributed by atoms with E-state index < -0.39 is 0 Å². The first kappa shape index (κ1) is 23.9. The smallest absolute Gasteiger partial charge is 0.469 e. The molecule has 6 nitrogen and oxygen atoms in total. The molecule has 0 radical (unpaired) electrons. The van der Waals surface area contributed by atoms with Crippen LogP contribution in [0.2, 0.25) is 0 Å². The Hall–Kier alpha value is -1.14. The van der Waals surface area contributed by atoms with Gasteiger partial charge in [0.2, 0.25) is 0 Å². The van der Waals surface area contributed by atoms with E-state index >= 15 is 0 Å². The number of rotatable bonds is 4. The lowest BCUT2D eigenvalue weighted by molar-refractivity contribution is -0.180. The molecule has 2 atom stereocenters. The summed E-state index contributed by atoms with van der Waals surface area (Å²) in [5.74, 6) is -0.384. The van der Waals surface area contributed by atoms with Gasteiger partial charge in [0.1, 0.15) is 0 Å². The molecule has 27 heavy (non-hydrogen) atoms. The number of ether oxygens (including phenoxy) is 4. The molecule has 2 fully saturated rings. The third-order valence-electron chi connectivity index (χ3n) is 5.28. The Kier molecular flexibility index (Phi) is 7.88. The Morgan fingerprint density at radius 3 is 1.52 bits per heavy atom. The van der Waals surface area contributed by atoms with Crippen molar-refractivity contribution in [1.82, 2.24) is 0 Å². The van der Waals surface area contributed by atoms with E-state index in [4.69, 9.17) is 9.47 Å². The zero-order valence-electron chi connectivity index (χ0n) is 19.4. The molecule has 6 heteroatoms. The quantitative estimate of drug-likeness (QED) is 0.670. The molecule has 0 aromatic heterocycles. The molecular weight excluding hydrogens is 348 g/mol. The predicted molar refractivity (Wildman–Crippen MR) is 105 cm³/mol. The minimum absolute atomic E-state index is 0. The molecule has 2 unspecified atom stereocenters. The van der Waals surface area contributed by atoms with Crippen molar-refractivity contribution in [3.8, 4) is 0 Å². The molecule has 2 heterocycles. The Morgan fingerprint density at radius 2 is 1.15 bits per heavy atom. The average Bonchev–Trinajstić information content (AvgIpc) is 2.79. The van der Waals surface area contributed by atoms with Crippen LogP contribution in [0.1, 0.15) is 87.9 Å². The molecule has 0 aromatic rings. The zero-order valence-corrected chi connectivity index (χ0v) is 18.4. The first-order valence-electron chi connectivity index (χ1n) is 9.78. The number of esters is 2. The van der Waals surface area contributed by atoms with Crippen LogP contribution in [-0.4, -0.2) is 48.6 Å². The summed E-state index contributed by atoms with van der Waals surface area (Å²) in [6.07, 6.45) is 5.74. The number of carbonyl (C=O) groups is 2. The minimum Gasteiger partial charge on any atom is -0.469 e. The number of hydrogen-bond donors (Lipinski definition) is 0. The lowest BCUT2D eigenvalue weighted by Crippen LogP contribution is -2.44. The van der Waals surface area contributed by atoms with Crippen molar-refractivity contribution in [3.63, 3.8) is 0 Å². The van der Waals surface area contributed by atoms with Gasteiger partial charge in [-0.05, 0) is 73.6 Å². The third-order valence-corrected chi connectivity index (χ3v) is 5.28. The summed E-state index contributed by atoms with van der Waals surface area (Å²) in [5.41, 5.74) is -0.866. The van der Waals surface area contributed by atoms with Gasteiger partial charge in [-0.25, -0.2) is 0 Å². The van der Waals surface area contributed by atoms with Crippen LogP contribution in [0.25, 0.3) is 0 Å². The standard InChI is InChI=1S/C11H20O3.C10H18O3/c1-10(2)6-5-7-11(3,14-10)8-9(12)13-4;1-9(2)5-6-10(3,13-9)7-8(11)12-4/h5-8H2,1-4H3;5-7H2,1-4H3/p+1. The van der Waals surface area contributed by atoms with Crippen LogP contribution in [0.4, 0.5) is 0 Å². The molecule has 0 aliphatic carbocycles. The zero-order chi connectivity index (χ0) is 20.9. The fourth-order valence-corrected chi connectivity index (χ4v) is 4.00. The lowest BCUT2D eigenvalue weighted by atomic mass is 9.86. The highest BCUT2D eigenvalue weighted by Gasteiger charge is 2.42. The van der Waals surface area contributed by atoms with Gasteiger partial charge >= 0.3 is 13.4 Å². The number of hydrogen-bond acceptors (Lipinski definition) is 6. The van der Waals surface area contributed by atoms with Crippen molar-refractivity contribution in [2.24, 2.45) is 0 Å².